The normalized spacial score (nSPS) is 12.4. The number of rotatable bonds is 1. The minimum Gasteiger partial charge on any atom is -0.497 e. The second-order valence-corrected chi connectivity index (χ2v) is 4.99. The average molecular weight is 217 g/mol. The van der Waals surface area contributed by atoms with Crippen LogP contribution in [-0.4, -0.2) is 12.1 Å². The number of aryl methyl sites for hydroxylation is 1. The van der Waals surface area contributed by atoms with Gasteiger partial charge in [0.05, 0.1) is 17.8 Å². The molecule has 0 saturated heterocycles. The van der Waals surface area contributed by atoms with E-state index in [9.17, 15) is 0 Å². The second-order valence-electron chi connectivity index (χ2n) is 3.70. The molecule has 0 unspecified atom stereocenters. The average Bonchev–Trinajstić information content (AvgIpc) is 2.72. The van der Waals surface area contributed by atoms with Crippen LogP contribution < -0.4 is 4.74 Å². The topological polar surface area (TPSA) is 22.1 Å². The molecular formula is C12H11NOS. The fraction of sp³-hybridized carbons (Fsp3) is 0.250. The van der Waals surface area contributed by atoms with Gasteiger partial charge in [-0.25, -0.2) is 4.98 Å². The highest BCUT2D eigenvalue weighted by atomic mass is 32.1. The van der Waals surface area contributed by atoms with Gasteiger partial charge in [0, 0.05) is 16.9 Å². The standard InChI is InChI=1S/C12H11NOS/c1-7-13-12-10-4-3-9(14-2)5-8(10)6-11(12)15-7/h3-5H,6H2,1-2H3. The molecule has 0 N–H and O–H groups in total. The van der Waals surface area contributed by atoms with Gasteiger partial charge in [-0.3, -0.25) is 0 Å². The molecule has 1 heterocycles. The third-order valence-corrected chi connectivity index (χ3v) is 3.69. The predicted octanol–water partition coefficient (Wildman–Crippen LogP) is 3.03. The summed E-state index contributed by atoms with van der Waals surface area (Å²) in [6, 6.07) is 6.22. The Morgan fingerprint density at radius 2 is 2.27 bits per heavy atom. The number of aromatic nitrogens is 1. The number of hydrogen-bond donors (Lipinski definition) is 0. The van der Waals surface area contributed by atoms with E-state index in [1.165, 1.54) is 21.7 Å². The fourth-order valence-electron chi connectivity index (χ4n) is 2.05. The van der Waals surface area contributed by atoms with Gasteiger partial charge in [-0.05, 0) is 30.7 Å². The van der Waals surface area contributed by atoms with Crippen LogP contribution in [0.25, 0.3) is 11.3 Å². The van der Waals surface area contributed by atoms with Crippen molar-refractivity contribution in [3.63, 3.8) is 0 Å². The lowest BCUT2D eigenvalue weighted by Gasteiger charge is -2.03. The monoisotopic (exact) mass is 217 g/mol. The Kier molecular flexibility index (Phi) is 1.83. The minimum atomic E-state index is 0.931. The Bertz CT molecular complexity index is 530. The van der Waals surface area contributed by atoms with Crippen LogP contribution in [0.3, 0.4) is 0 Å². The van der Waals surface area contributed by atoms with Gasteiger partial charge in [0.1, 0.15) is 5.75 Å². The van der Waals surface area contributed by atoms with Crippen LogP contribution in [0.4, 0.5) is 0 Å². The van der Waals surface area contributed by atoms with Crippen molar-refractivity contribution in [1.82, 2.24) is 4.98 Å². The fourth-order valence-corrected chi connectivity index (χ4v) is 3.02. The third kappa shape index (κ3) is 1.27. The lowest BCUT2D eigenvalue weighted by Crippen LogP contribution is -1.86. The quantitative estimate of drug-likeness (QED) is 0.625. The number of hydrogen-bond acceptors (Lipinski definition) is 3. The maximum Gasteiger partial charge on any atom is 0.119 e. The summed E-state index contributed by atoms with van der Waals surface area (Å²) in [5, 5.41) is 1.15. The van der Waals surface area contributed by atoms with Crippen LogP contribution in [0.1, 0.15) is 15.4 Å². The molecule has 0 atom stereocenters. The highest BCUT2D eigenvalue weighted by Crippen LogP contribution is 2.40. The molecule has 0 spiro atoms. The summed E-state index contributed by atoms with van der Waals surface area (Å²) in [4.78, 5) is 5.95. The largest absolute Gasteiger partial charge is 0.497 e. The third-order valence-electron chi connectivity index (χ3n) is 2.72. The van der Waals surface area contributed by atoms with Crippen LogP contribution >= 0.6 is 11.3 Å². The van der Waals surface area contributed by atoms with Gasteiger partial charge in [0.25, 0.3) is 0 Å². The van der Waals surface area contributed by atoms with E-state index in [1.807, 2.05) is 6.07 Å². The van der Waals surface area contributed by atoms with Gasteiger partial charge in [-0.1, -0.05) is 0 Å². The zero-order valence-corrected chi connectivity index (χ0v) is 9.52. The van der Waals surface area contributed by atoms with E-state index in [2.05, 4.69) is 24.0 Å². The maximum atomic E-state index is 5.22. The van der Waals surface area contributed by atoms with Gasteiger partial charge >= 0.3 is 0 Å². The Morgan fingerprint density at radius 3 is 3.07 bits per heavy atom. The van der Waals surface area contributed by atoms with Gasteiger partial charge in [0.15, 0.2) is 0 Å². The lowest BCUT2D eigenvalue weighted by atomic mass is 10.1. The molecule has 1 aliphatic rings. The molecule has 0 amide bonds. The Balaban J connectivity index is 2.16. The minimum absolute atomic E-state index is 0.931. The summed E-state index contributed by atoms with van der Waals surface area (Å²) in [6.45, 7) is 2.06. The molecule has 0 radical (unpaired) electrons. The van der Waals surface area contributed by atoms with Crippen molar-refractivity contribution < 1.29 is 4.74 Å². The number of fused-ring (bicyclic) bond motifs is 3. The van der Waals surface area contributed by atoms with Crippen LogP contribution in [-0.2, 0) is 6.42 Å². The number of benzene rings is 1. The first-order chi connectivity index (χ1) is 7.28. The molecule has 3 heteroatoms. The first-order valence-electron chi connectivity index (χ1n) is 4.91. The summed E-state index contributed by atoms with van der Waals surface area (Å²) < 4.78 is 5.22. The van der Waals surface area contributed by atoms with Gasteiger partial charge in [-0.15, -0.1) is 11.3 Å². The Labute approximate surface area is 92.6 Å². The van der Waals surface area contributed by atoms with Crippen molar-refractivity contribution >= 4 is 11.3 Å². The first kappa shape index (κ1) is 8.92. The van der Waals surface area contributed by atoms with E-state index in [-0.39, 0.29) is 0 Å². The van der Waals surface area contributed by atoms with Crippen molar-refractivity contribution in [3.8, 4) is 17.0 Å². The molecule has 2 nitrogen and oxygen atoms in total. The molecule has 1 aromatic carbocycles. The number of methoxy groups -OCH3 is 1. The molecule has 1 aliphatic carbocycles. The SMILES string of the molecule is COc1ccc2c(c1)Cc1sc(C)nc1-2. The number of nitrogens with zero attached hydrogens (tertiary/aromatic N) is 1. The molecular weight excluding hydrogens is 206 g/mol. The molecule has 15 heavy (non-hydrogen) atoms. The highest BCUT2D eigenvalue weighted by molar-refractivity contribution is 7.12. The van der Waals surface area contributed by atoms with Gasteiger partial charge < -0.3 is 4.74 Å². The van der Waals surface area contributed by atoms with E-state index in [0.717, 1.165) is 17.2 Å². The van der Waals surface area contributed by atoms with Crippen molar-refractivity contribution in [1.29, 1.82) is 0 Å². The maximum absolute atomic E-state index is 5.22. The lowest BCUT2D eigenvalue weighted by molar-refractivity contribution is 0.414. The molecule has 1 aromatic heterocycles. The van der Waals surface area contributed by atoms with E-state index in [0.29, 0.717) is 0 Å². The Hall–Kier alpha value is -1.35. The van der Waals surface area contributed by atoms with Crippen LogP contribution in [0.5, 0.6) is 5.75 Å². The highest BCUT2D eigenvalue weighted by Gasteiger charge is 2.22. The Morgan fingerprint density at radius 1 is 1.40 bits per heavy atom. The van der Waals surface area contributed by atoms with Crippen molar-refractivity contribution in [2.24, 2.45) is 0 Å². The molecule has 3 rings (SSSR count). The van der Waals surface area contributed by atoms with E-state index < -0.39 is 0 Å². The molecule has 0 fully saturated rings. The van der Waals surface area contributed by atoms with E-state index in [4.69, 9.17) is 4.74 Å². The van der Waals surface area contributed by atoms with Crippen molar-refractivity contribution in [2.45, 2.75) is 13.3 Å². The summed E-state index contributed by atoms with van der Waals surface area (Å²) in [5.41, 5.74) is 3.79. The van der Waals surface area contributed by atoms with Crippen LogP contribution in [0.15, 0.2) is 18.2 Å². The van der Waals surface area contributed by atoms with Crippen molar-refractivity contribution in [3.05, 3.63) is 33.6 Å². The molecule has 0 bridgehead atoms. The summed E-state index contributed by atoms with van der Waals surface area (Å²) >= 11 is 1.79. The zero-order chi connectivity index (χ0) is 10.4. The smallest absolute Gasteiger partial charge is 0.119 e. The van der Waals surface area contributed by atoms with E-state index >= 15 is 0 Å². The molecule has 2 aromatic rings. The zero-order valence-electron chi connectivity index (χ0n) is 8.70. The number of thiazole rings is 1. The van der Waals surface area contributed by atoms with Crippen LogP contribution in [0.2, 0.25) is 0 Å². The number of ether oxygens (including phenoxy) is 1. The predicted molar refractivity (Wildman–Crippen MR) is 61.6 cm³/mol. The molecule has 0 saturated carbocycles. The van der Waals surface area contributed by atoms with Gasteiger partial charge in [-0.2, -0.15) is 0 Å². The summed E-state index contributed by atoms with van der Waals surface area (Å²) in [6.07, 6.45) is 1.01. The van der Waals surface area contributed by atoms with Crippen molar-refractivity contribution in [2.75, 3.05) is 7.11 Å². The van der Waals surface area contributed by atoms with Crippen LogP contribution in [0, 0.1) is 6.92 Å². The second kappa shape index (κ2) is 3.07. The summed E-state index contributed by atoms with van der Waals surface area (Å²) in [7, 11) is 1.70. The first-order valence-corrected chi connectivity index (χ1v) is 5.73. The summed E-state index contributed by atoms with van der Waals surface area (Å²) in [5.74, 6) is 0.931. The van der Waals surface area contributed by atoms with Gasteiger partial charge in [0.2, 0.25) is 0 Å². The molecule has 76 valence electrons. The molecule has 0 aliphatic heterocycles. The van der Waals surface area contributed by atoms with E-state index in [1.54, 1.807) is 18.4 Å².